The zero-order chi connectivity index (χ0) is 17.4. The highest BCUT2D eigenvalue weighted by Gasteiger charge is 2.47. The van der Waals surface area contributed by atoms with Crippen molar-refractivity contribution in [1.29, 1.82) is 0 Å². The molecule has 1 heterocycles. The van der Waals surface area contributed by atoms with E-state index in [1.165, 1.54) is 6.07 Å². The van der Waals surface area contributed by atoms with Crippen molar-refractivity contribution in [3.8, 4) is 11.1 Å². The summed E-state index contributed by atoms with van der Waals surface area (Å²) in [5.74, 6) is -0.278. The van der Waals surface area contributed by atoms with Crippen molar-refractivity contribution in [2.24, 2.45) is 0 Å². The van der Waals surface area contributed by atoms with E-state index in [9.17, 15) is 9.18 Å². The summed E-state index contributed by atoms with van der Waals surface area (Å²) in [5, 5.41) is 2.91. The van der Waals surface area contributed by atoms with Gasteiger partial charge < -0.3 is 10.1 Å². The number of hydrogen-bond acceptors (Lipinski definition) is 3. The molecule has 2 aromatic rings. The Morgan fingerprint density at radius 1 is 1.21 bits per heavy atom. The molecule has 126 valence electrons. The van der Waals surface area contributed by atoms with E-state index in [4.69, 9.17) is 4.74 Å². The predicted molar refractivity (Wildman–Crippen MR) is 89.9 cm³/mol. The summed E-state index contributed by atoms with van der Waals surface area (Å²) in [7, 11) is 0. The second-order valence-corrected chi connectivity index (χ2v) is 7.12. The van der Waals surface area contributed by atoms with Crippen LogP contribution in [0, 0.1) is 5.82 Å². The van der Waals surface area contributed by atoms with Crippen molar-refractivity contribution in [1.82, 2.24) is 10.3 Å². The van der Waals surface area contributed by atoms with Gasteiger partial charge in [-0.2, -0.15) is 0 Å². The number of alkyl carbamates (subject to hydrolysis) is 1. The number of halogens is 1. The Labute approximate surface area is 141 Å². The molecule has 1 amide bonds. The minimum atomic E-state index is -0.539. The minimum Gasteiger partial charge on any atom is -0.444 e. The molecule has 0 spiro atoms. The third-order valence-electron chi connectivity index (χ3n) is 3.93. The molecule has 1 aromatic carbocycles. The van der Waals surface area contributed by atoms with Gasteiger partial charge in [-0.25, -0.2) is 9.18 Å². The highest BCUT2D eigenvalue weighted by Crippen LogP contribution is 2.45. The third-order valence-corrected chi connectivity index (χ3v) is 3.93. The molecule has 24 heavy (non-hydrogen) atoms. The van der Waals surface area contributed by atoms with E-state index in [-0.39, 0.29) is 5.82 Å². The average Bonchev–Trinajstić information content (AvgIpc) is 3.26. The van der Waals surface area contributed by atoms with E-state index in [0.29, 0.717) is 11.1 Å². The van der Waals surface area contributed by atoms with Gasteiger partial charge in [0.2, 0.25) is 0 Å². The van der Waals surface area contributed by atoms with Crippen molar-refractivity contribution in [2.75, 3.05) is 0 Å². The topological polar surface area (TPSA) is 51.2 Å². The lowest BCUT2D eigenvalue weighted by molar-refractivity contribution is 0.0494. The lowest BCUT2D eigenvalue weighted by Gasteiger charge is -2.23. The first-order valence-corrected chi connectivity index (χ1v) is 8.02. The first-order chi connectivity index (χ1) is 11.3. The van der Waals surface area contributed by atoms with E-state index in [2.05, 4.69) is 10.3 Å². The number of rotatable bonds is 3. The van der Waals surface area contributed by atoms with Crippen LogP contribution < -0.4 is 5.32 Å². The fraction of sp³-hybridized carbons (Fsp3) is 0.368. The lowest BCUT2D eigenvalue weighted by Crippen LogP contribution is -2.39. The van der Waals surface area contributed by atoms with Crippen molar-refractivity contribution < 1.29 is 13.9 Å². The number of amides is 1. The SMILES string of the molecule is CC(C)(C)OC(=O)NC1(c2ccc(-c3ccccc3F)cn2)CC1. The van der Waals surface area contributed by atoms with E-state index >= 15 is 0 Å². The number of carbonyl (C=O) groups excluding carboxylic acids is 1. The van der Waals surface area contributed by atoms with Gasteiger partial charge >= 0.3 is 6.09 Å². The van der Waals surface area contributed by atoms with Crippen LogP contribution in [0.3, 0.4) is 0 Å². The van der Waals surface area contributed by atoms with Crippen LogP contribution in [0.25, 0.3) is 11.1 Å². The Morgan fingerprint density at radius 3 is 2.46 bits per heavy atom. The molecule has 1 aliphatic rings. The summed E-state index contributed by atoms with van der Waals surface area (Å²) in [5.41, 5.74) is 0.998. The summed E-state index contributed by atoms with van der Waals surface area (Å²) in [6.45, 7) is 5.48. The standard InChI is InChI=1S/C19H21FN2O2/c1-18(2,3)24-17(23)22-19(10-11-19)16-9-8-13(12-21-16)14-6-4-5-7-15(14)20/h4-9,12H,10-11H2,1-3H3,(H,22,23). The highest BCUT2D eigenvalue weighted by molar-refractivity contribution is 5.70. The molecule has 0 bridgehead atoms. The van der Waals surface area contributed by atoms with Gasteiger partial charge in [0.05, 0.1) is 11.2 Å². The largest absolute Gasteiger partial charge is 0.444 e. The smallest absolute Gasteiger partial charge is 0.408 e. The van der Waals surface area contributed by atoms with Gasteiger partial charge in [0.1, 0.15) is 11.4 Å². The van der Waals surface area contributed by atoms with Gasteiger partial charge in [-0.15, -0.1) is 0 Å². The molecule has 1 aromatic heterocycles. The summed E-state index contributed by atoms with van der Waals surface area (Å²) in [6, 6.07) is 10.3. The van der Waals surface area contributed by atoms with Crippen LogP contribution >= 0.6 is 0 Å². The maximum absolute atomic E-state index is 13.9. The number of hydrogen-bond donors (Lipinski definition) is 1. The number of benzene rings is 1. The maximum atomic E-state index is 13.9. The summed E-state index contributed by atoms with van der Waals surface area (Å²) >= 11 is 0. The fourth-order valence-corrected chi connectivity index (χ4v) is 2.60. The van der Waals surface area contributed by atoms with Crippen LogP contribution in [-0.2, 0) is 10.3 Å². The van der Waals surface area contributed by atoms with Crippen LogP contribution in [-0.4, -0.2) is 16.7 Å². The van der Waals surface area contributed by atoms with E-state index in [0.717, 1.165) is 18.5 Å². The molecule has 0 atom stereocenters. The maximum Gasteiger partial charge on any atom is 0.408 e. The van der Waals surface area contributed by atoms with E-state index in [1.54, 1.807) is 24.4 Å². The Hall–Kier alpha value is -2.43. The molecule has 1 saturated carbocycles. The highest BCUT2D eigenvalue weighted by atomic mass is 19.1. The average molecular weight is 328 g/mol. The normalized spacial score (nSPS) is 15.7. The van der Waals surface area contributed by atoms with Crippen LogP contribution in [0.5, 0.6) is 0 Å². The molecule has 0 unspecified atom stereocenters. The minimum absolute atomic E-state index is 0.278. The Morgan fingerprint density at radius 2 is 1.92 bits per heavy atom. The number of ether oxygens (including phenoxy) is 1. The van der Waals surface area contributed by atoms with Crippen molar-refractivity contribution in [3.63, 3.8) is 0 Å². The quantitative estimate of drug-likeness (QED) is 0.908. The first kappa shape index (κ1) is 16.4. The first-order valence-electron chi connectivity index (χ1n) is 8.02. The number of nitrogens with zero attached hydrogens (tertiary/aromatic N) is 1. The van der Waals surface area contributed by atoms with Crippen LogP contribution in [0.4, 0.5) is 9.18 Å². The molecule has 1 N–H and O–H groups in total. The molecule has 0 radical (unpaired) electrons. The van der Waals surface area contributed by atoms with Crippen LogP contribution in [0.2, 0.25) is 0 Å². The zero-order valence-corrected chi connectivity index (χ0v) is 14.1. The number of carbonyl (C=O) groups is 1. The fourth-order valence-electron chi connectivity index (χ4n) is 2.60. The summed E-state index contributed by atoms with van der Waals surface area (Å²) in [4.78, 5) is 16.5. The lowest BCUT2D eigenvalue weighted by atomic mass is 10.1. The molecular formula is C19H21FN2O2. The molecule has 1 aliphatic carbocycles. The Balaban J connectivity index is 1.76. The van der Waals surface area contributed by atoms with Gasteiger partial charge in [0.15, 0.2) is 0 Å². The molecule has 5 heteroatoms. The monoisotopic (exact) mass is 328 g/mol. The number of aromatic nitrogens is 1. The van der Waals surface area contributed by atoms with E-state index in [1.807, 2.05) is 32.9 Å². The Kier molecular flexibility index (Phi) is 4.03. The van der Waals surface area contributed by atoms with Gasteiger partial charge in [0.25, 0.3) is 0 Å². The third kappa shape index (κ3) is 3.55. The van der Waals surface area contributed by atoms with Gasteiger partial charge in [-0.1, -0.05) is 24.3 Å². The molecule has 0 aliphatic heterocycles. The van der Waals surface area contributed by atoms with Crippen molar-refractivity contribution >= 4 is 6.09 Å². The molecular weight excluding hydrogens is 307 g/mol. The molecule has 0 saturated heterocycles. The second-order valence-electron chi connectivity index (χ2n) is 7.12. The second kappa shape index (κ2) is 5.89. The van der Waals surface area contributed by atoms with Gasteiger partial charge in [0, 0.05) is 17.3 Å². The van der Waals surface area contributed by atoms with Gasteiger partial charge in [-0.3, -0.25) is 4.98 Å². The van der Waals surface area contributed by atoms with Crippen LogP contribution in [0.1, 0.15) is 39.3 Å². The molecule has 4 nitrogen and oxygen atoms in total. The van der Waals surface area contributed by atoms with E-state index < -0.39 is 17.2 Å². The number of nitrogens with one attached hydrogen (secondary N) is 1. The number of pyridine rings is 1. The molecule has 1 fully saturated rings. The van der Waals surface area contributed by atoms with Crippen molar-refractivity contribution in [2.45, 2.75) is 44.8 Å². The molecule has 3 rings (SSSR count). The van der Waals surface area contributed by atoms with Crippen molar-refractivity contribution in [3.05, 3.63) is 54.1 Å². The Bertz CT molecular complexity index is 747. The summed E-state index contributed by atoms with van der Waals surface area (Å²) < 4.78 is 19.2. The zero-order valence-electron chi connectivity index (χ0n) is 14.1. The van der Waals surface area contributed by atoms with Crippen LogP contribution in [0.15, 0.2) is 42.6 Å². The summed E-state index contributed by atoms with van der Waals surface area (Å²) in [6.07, 6.45) is 2.83. The van der Waals surface area contributed by atoms with Gasteiger partial charge in [-0.05, 0) is 45.7 Å². The predicted octanol–water partition coefficient (Wildman–Crippen LogP) is 4.40.